The maximum absolute atomic E-state index is 11.6. The van der Waals surface area contributed by atoms with Crippen molar-refractivity contribution in [1.82, 2.24) is 0 Å². The highest BCUT2D eigenvalue weighted by molar-refractivity contribution is 6.62. The Morgan fingerprint density at radius 3 is 2.65 bits per heavy atom. The number of piperidine rings is 1. The van der Waals surface area contributed by atoms with Gasteiger partial charge in [-0.2, -0.15) is 0 Å². The second kappa shape index (κ2) is 8.97. The molecule has 0 aromatic heterocycles. The Balaban J connectivity index is 1.63. The van der Waals surface area contributed by atoms with E-state index in [0.29, 0.717) is 28.8 Å². The minimum Gasteiger partial charge on any atom is -0.396 e. The number of amidine groups is 1. The van der Waals surface area contributed by atoms with E-state index >= 15 is 0 Å². The molecule has 9 heteroatoms. The number of rotatable bonds is 5. The fourth-order valence-corrected chi connectivity index (χ4v) is 3.76. The SMILES string of the molecule is NC(=O)Nc1cc(N2CCC(CO)CC2)ccc1N=C1C=N[N+](c2ccccc2)=C1N. The molecule has 2 aliphatic rings. The van der Waals surface area contributed by atoms with E-state index < -0.39 is 6.03 Å². The summed E-state index contributed by atoms with van der Waals surface area (Å²) in [6.07, 6.45) is 3.44. The molecule has 31 heavy (non-hydrogen) atoms. The molecule has 2 aromatic carbocycles. The molecule has 4 rings (SSSR count). The average molecular weight is 420 g/mol. The number of hydrazone groups is 1. The molecule has 0 radical (unpaired) electrons. The van der Waals surface area contributed by atoms with Gasteiger partial charge in [0.05, 0.1) is 11.4 Å². The number of primary amides is 1. The van der Waals surface area contributed by atoms with Gasteiger partial charge >= 0.3 is 11.9 Å². The number of aliphatic hydroxyl groups is 1. The highest BCUT2D eigenvalue weighted by Gasteiger charge is 2.24. The monoisotopic (exact) mass is 420 g/mol. The van der Waals surface area contributed by atoms with E-state index in [1.54, 1.807) is 10.9 Å². The third-order valence-electron chi connectivity index (χ3n) is 5.50. The van der Waals surface area contributed by atoms with E-state index in [1.165, 1.54) is 0 Å². The van der Waals surface area contributed by atoms with Crippen molar-refractivity contribution in [3.05, 3.63) is 48.5 Å². The van der Waals surface area contributed by atoms with Gasteiger partial charge in [-0.25, -0.2) is 9.79 Å². The van der Waals surface area contributed by atoms with Crippen LogP contribution in [0, 0.1) is 5.92 Å². The van der Waals surface area contributed by atoms with Crippen LogP contribution in [0.25, 0.3) is 0 Å². The van der Waals surface area contributed by atoms with Gasteiger partial charge in [-0.05, 0) is 49.1 Å². The van der Waals surface area contributed by atoms with Gasteiger partial charge in [0.15, 0.2) is 11.4 Å². The molecule has 2 heterocycles. The van der Waals surface area contributed by atoms with Crippen LogP contribution in [0.3, 0.4) is 0 Å². The Bertz CT molecular complexity index is 1050. The van der Waals surface area contributed by atoms with Crippen molar-refractivity contribution >= 4 is 46.5 Å². The van der Waals surface area contributed by atoms with Crippen LogP contribution in [-0.2, 0) is 0 Å². The number of carbonyl (C=O) groups is 1. The fraction of sp³-hybridized carbons (Fsp3) is 0.273. The van der Waals surface area contributed by atoms with Gasteiger partial charge in [-0.3, -0.25) is 5.73 Å². The molecular weight excluding hydrogens is 394 g/mol. The molecule has 6 N–H and O–H groups in total. The maximum Gasteiger partial charge on any atom is 0.326 e. The summed E-state index contributed by atoms with van der Waals surface area (Å²) in [6, 6.07) is 14.5. The second-order valence-corrected chi connectivity index (χ2v) is 7.58. The van der Waals surface area contributed by atoms with Crippen molar-refractivity contribution in [1.29, 1.82) is 0 Å². The number of para-hydroxylation sites is 1. The lowest BCUT2D eigenvalue weighted by Crippen LogP contribution is -2.34. The van der Waals surface area contributed by atoms with Crippen LogP contribution in [0.4, 0.5) is 27.5 Å². The lowest BCUT2D eigenvalue weighted by Gasteiger charge is -2.33. The van der Waals surface area contributed by atoms with Crippen LogP contribution in [-0.4, -0.2) is 53.3 Å². The molecule has 1 saturated heterocycles. The molecule has 0 spiro atoms. The number of nitrogens with zero attached hydrogens (tertiary/aromatic N) is 4. The summed E-state index contributed by atoms with van der Waals surface area (Å²) in [6.45, 7) is 1.90. The Kier molecular flexibility index (Phi) is 5.94. The first-order chi connectivity index (χ1) is 15.0. The first-order valence-electron chi connectivity index (χ1n) is 10.2. The van der Waals surface area contributed by atoms with Crippen molar-refractivity contribution in [2.24, 2.45) is 27.5 Å². The maximum atomic E-state index is 11.6. The van der Waals surface area contributed by atoms with Gasteiger partial charge in [0.25, 0.3) is 0 Å². The van der Waals surface area contributed by atoms with E-state index in [0.717, 1.165) is 37.3 Å². The van der Waals surface area contributed by atoms with Gasteiger partial charge < -0.3 is 21.1 Å². The standard InChI is InChI=1S/C22H25N7O2/c23-21-20(13-25-29(21)16-4-2-1-3-5-16)26-18-7-6-17(12-19(18)27-22(24)31)28-10-8-15(14-30)9-11-28/h1-7,12-13,15,30H,8-11,14H2,(H4,23,24,25,27,31)/p+1. The van der Waals surface area contributed by atoms with Gasteiger partial charge in [-0.15, -0.1) is 0 Å². The predicted octanol–water partition coefficient (Wildman–Crippen LogP) is 2.16. The van der Waals surface area contributed by atoms with Crippen LogP contribution >= 0.6 is 0 Å². The Morgan fingerprint density at radius 2 is 1.97 bits per heavy atom. The molecule has 2 aromatic rings. The third kappa shape index (κ3) is 4.56. The fourth-order valence-electron chi connectivity index (χ4n) is 3.76. The minimum atomic E-state index is -0.666. The zero-order valence-electron chi connectivity index (χ0n) is 17.1. The molecule has 9 nitrogen and oxygen atoms in total. The van der Waals surface area contributed by atoms with E-state index in [4.69, 9.17) is 11.5 Å². The molecule has 1 fully saturated rings. The van der Waals surface area contributed by atoms with Crippen LogP contribution in [0.1, 0.15) is 12.8 Å². The van der Waals surface area contributed by atoms with E-state index in [-0.39, 0.29) is 6.61 Å². The van der Waals surface area contributed by atoms with Crippen molar-refractivity contribution in [2.45, 2.75) is 12.8 Å². The minimum absolute atomic E-state index is 0.220. The molecule has 0 atom stereocenters. The van der Waals surface area contributed by atoms with Crippen molar-refractivity contribution in [3.8, 4) is 0 Å². The number of nitrogens with one attached hydrogen (secondary N) is 1. The highest BCUT2D eigenvalue weighted by atomic mass is 16.3. The Labute approximate surface area is 180 Å². The number of urea groups is 1. The number of nitrogens with two attached hydrogens (primary N) is 2. The molecule has 2 amide bonds. The predicted molar refractivity (Wildman–Crippen MR) is 123 cm³/mol. The van der Waals surface area contributed by atoms with Crippen molar-refractivity contribution < 1.29 is 14.6 Å². The highest BCUT2D eigenvalue weighted by Crippen LogP contribution is 2.32. The topological polar surface area (TPSA) is 132 Å². The lowest BCUT2D eigenvalue weighted by atomic mass is 9.97. The Morgan fingerprint density at radius 1 is 1.23 bits per heavy atom. The van der Waals surface area contributed by atoms with E-state index in [2.05, 4.69) is 20.3 Å². The summed E-state index contributed by atoms with van der Waals surface area (Å²) in [7, 11) is 0. The first-order valence-corrected chi connectivity index (χ1v) is 10.2. The summed E-state index contributed by atoms with van der Waals surface area (Å²) in [5, 5.41) is 16.4. The van der Waals surface area contributed by atoms with Crippen LogP contribution in [0.5, 0.6) is 0 Å². The summed E-state index contributed by atoms with van der Waals surface area (Å²) >= 11 is 0. The van der Waals surface area contributed by atoms with E-state index in [1.807, 2.05) is 48.5 Å². The average Bonchev–Trinajstić information content (AvgIpc) is 3.15. The zero-order chi connectivity index (χ0) is 21.8. The molecule has 0 unspecified atom stereocenters. The van der Waals surface area contributed by atoms with Crippen LogP contribution < -0.4 is 21.7 Å². The van der Waals surface area contributed by atoms with Gasteiger partial charge in [-0.1, -0.05) is 28.0 Å². The number of hydrogen-bond donors (Lipinski definition) is 4. The molecular formula is C22H26N7O2+. The molecule has 0 aliphatic carbocycles. The summed E-state index contributed by atoms with van der Waals surface area (Å²) in [5.41, 5.74) is 15.0. The normalized spacial score (nSPS) is 18.1. The van der Waals surface area contributed by atoms with Gasteiger partial charge in [0.1, 0.15) is 6.21 Å². The Hall–Kier alpha value is -3.72. The number of aliphatic hydroxyl groups excluding tert-OH is 1. The summed E-state index contributed by atoms with van der Waals surface area (Å²) in [4.78, 5) is 18.4. The lowest BCUT2D eigenvalue weighted by molar-refractivity contribution is -0.441. The van der Waals surface area contributed by atoms with Crippen LogP contribution in [0.15, 0.2) is 58.6 Å². The van der Waals surface area contributed by atoms with Gasteiger partial charge in [0.2, 0.25) is 0 Å². The van der Waals surface area contributed by atoms with Crippen molar-refractivity contribution in [3.63, 3.8) is 0 Å². The third-order valence-corrected chi connectivity index (χ3v) is 5.50. The smallest absolute Gasteiger partial charge is 0.326 e. The molecule has 2 aliphatic heterocycles. The number of carbonyl (C=O) groups excluding carboxylic acids is 1. The molecule has 0 bridgehead atoms. The molecule has 160 valence electrons. The number of aliphatic imine (C=N–C) groups is 1. The number of amides is 2. The summed E-state index contributed by atoms with van der Waals surface area (Å²) < 4.78 is 1.61. The number of anilines is 2. The number of hydrogen-bond acceptors (Lipinski definition) is 6. The first kappa shape index (κ1) is 20.5. The largest absolute Gasteiger partial charge is 0.396 e. The van der Waals surface area contributed by atoms with Crippen molar-refractivity contribution in [2.75, 3.05) is 29.9 Å². The van der Waals surface area contributed by atoms with E-state index in [9.17, 15) is 9.90 Å². The van der Waals surface area contributed by atoms with Crippen LogP contribution in [0.2, 0.25) is 0 Å². The second-order valence-electron chi connectivity index (χ2n) is 7.58. The quantitative estimate of drug-likeness (QED) is 0.552. The summed E-state index contributed by atoms with van der Waals surface area (Å²) in [5.74, 6) is 0.740. The zero-order valence-corrected chi connectivity index (χ0v) is 17.1. The number of benzene rings is 2. The van der Waals surface area contributed by atoms with Gasteiger partial charge in [0, 0.05) is 25.4 Å². The molecule has 0 saturated carbocycles.